The van der Waals surface area contributed by atoms with Gasteiger partial charge in [0.25, 0.3) is 0 Å². The maximum absolute atomic E-state index is 14.6. The first kappa shape index (κ1) is 21.2. The van der Waals surface area contributed by atoms with Gasteiger partial charge in [0, 0.05) is 13.4 Å². The van der Waals surface area contributed by atoms with Crippen LogP contribution in [0, 0.1) is 34.9 Å². The molecule has 0 saturated carbocycles. The summed E-state index contributed by atoms with van der Waals surface area (Å²) < 4.78 is 87.5. The summed E-state index contributed by atoms with van der Waals surface area (Å²) in [4.78, 5) is 0.200. The topological polar surface area (TPSA) is 3.24 Å². The van der Waals surface area contributed by atoms with Crippen molar-refractivity contribution in [3.8, 4) is 0 Å². The number of hydrogen-bond acceptors (Lipinski definition) is 1. The highest BCUT2D eigenvalue weighted by atomic mass is 79.9. The van der Waals surface area contributed by atoms with E-state index in [1.54, 1.807) is 0 Å². The summed E-state index contributed by atoms with van der Waals surface area (Å²) in [5.74, 6) is -7.78. The lowest BCUT2D eigenvalue weighted by molar-refractivity contribution is 0.555. The van der Waals surface area contributed by atoms with E-state index in [9.17, 15) is 26.3 Å². The Kier molecular flexibility index (Phi) is 6.11. The average molecular weight is 590 g/mol. The number of benzene rings is 3. The van der Waals surface area contributed by atoms with Crippen LogP contribution >= 0.6 is 47.8 Å². The Labute approximate surface area is 180 Å². The van der Waals surface area contributed by atoms with E-state index in [0.29, 0.717) is 0 Å². The van der Waals surface area contributed by atoms with Crippen LogP contribution in [0.4, 0.5) is 43.4 Å². The number of rotatable bonds is 3. The molecule has 1 nitrogen and oxygen atoms in total. The molecule has 0 aliphatic heterocycles. The van der Waals surface area contributed by atoms with Gasteiger partial charge in [-0.2, -0.15) is 0 Å². The van der Waals surface area contributed by atoms with Crippen molar-refractivity contribution in [2.45, 2.75) is 0 Å². The molecule has 0 aliphatic carbocycles. The molecule has 146 valence electrons. The van der Waals surface area contributed by atoms with Crippen molar-refractivity contribution in [1.29, 1.82) is 0 Å². The number of nitrogens with zero attached hydrogens (tertiary/aromatic N) is 1. The molecule has 0 saturated heterocycles. The van der Waals surface area contributed by atoms with Gasteiger partial charge >= 0.3 is 0 Å². The highest BCUT2D eigenvalue weighted by Gasteiger charge is 2.31. The molecule has 0 aliphatic rings. The summed E-state index contributed by atoms with van der Waals surface area (Å²) in [7, 11) is 0. The minimum Gasteiger partial charge on any atom is -0.295 e. The number of anilines is 3. The van der Waals surface area contributed by atoms with Gasteiger partial charge in [-0.25, -0.2) is 26.3 Å². The van der Waals surface area contributed by atoms with Crippen LogP contribution in [0.5, 0.6) is 0 Å². The Morgan fingerprint density at radius 3 is 0.786 bits per heavy atom. The highest BCUT2D eigenvalue weighted by Crippen LogP contribution is 2.44. The second kappa shape index (κ2) is 8.08. The van der Waals surface area contributed by atoms with E-state index in [2.05, 4.69) is 47.8 Å². The molecule has 0 fully saturated rings. The van der Waals surface area contributed by atoms with E-state index in [0.717, 1.165) is 36.4 Å². The summed E-state index contributed by atoms with van der Waals surface area (Å²) in [6.45, 7) is 0. The van der Waals surface area contributed by atoms with Gasteiger partial charge in [-0.1, -0.05) is 47.8 Å². The molecule has 0 radical (unpaired) electrons. The first-order valence-corrected chi connectivity index (χ1v) is 9.71. The normalized spacial score (nSPS) is 11.0. The maximum Gasteiger partial charge on any atom is 0.151 e. The lowest BCUT2D eigenvalue weighted by Crippen LogP contribution is -2.19. The van der Waals surface area contributed by atoms with Crippen molar-refractivity contribution in [1.82, 2.24) is 0 Å². The predicted molar refractivity (Wildman–Crippen MR) is 104 cm³/mol. The fraction of sp³-hybridized carbons (Fsp3) is 0. The minimum atomic E-state index is -1.30. The Morgan fingerprint density at radius 2 is 0.607 bits per heavy atom. The van der Waals surface area contributed by atoms with Crippen LogP contribution in [0.25, 0.3) is 0 Å². The van der Waals surface area contributed by atoms with E-state index in [-0.39, 0.29) is 18.3 Å². The van der Waals surface area contributed by atoms with Gasteiger partial charge in [-0.15, -0.1) is 0 Å². The van der Waals surface area contributed by atoms with Crippen LogP contribution < -0.4 is 4.90 Å². The van der Waals surface area contributed by atoms with Crippen LogP contribution in [-0.2, 0) is 0 Å². The maximum atomic E-state index is 14.6. The smallest absolute Gasteiger partial charge is 0.151 e. The first-order valence-electron chi connectivity index (χ1n) is 7.34. The van der Waals surface area contributed by atoms with Gasteiger partial charge in [0.15, 0.2) is 34.9 Å². The molecule has 28 heavy (non-hydrogen) atoms. The monoisotopic (exact) mass is 587 g/mol. The lowest BCUT2D eigenvalue weighted by Gasteiger charge is -2.27. The molecule has 0 unspecified atom stereocenters. The average Bonchev–Trinajstić information content (AvgIpc) is 2.51. The number of halogens is 9. The van der Waals surface area contributed by atoms with Crippen molar-refractivity contribution < 1.29 is 26.3 Å². The zero-order valence-corrected chi connectivity index (χ0v) is 18.1. The zero-order valence-electron chi connectivity index (χ0n) is 13.3. The minimum absolute atomic E-state index is 0.0142. The molecule has 0 heterocycles. The summed E-state index contributed by atoms with van der Waals surface area (Å²) in [6, 6.07) is 4.80. The first-order chi connectivity index (χ1) is 13.1. The fourth-order valence-electron chi connectivity index (χ4n) is 2.58. The van der Waals surface area contributed by atoms with Gasteiger partial charge in [-0.05, 0) is 36.4 Å². The third-order valence-electron chi connectivity index (χ3n) is 3.62. The van der Waals surface area contributed by atoms with E-state index in [1.165, 1.54) is 0 Å². The molecular weight excluding hydrogens is 584 g/mol. The number of hydrogen-bond donors (Lipinski definition) is 0. The largest absolute Gasteiger partial charge is 0.295 e. The Hall–Kier alpha value is -1.52. The SMILES string of the molecule is Fc1cc(Br)cc(F)c1N(c1c(F)cc(Br)cc1F)c1c(F)cc(Br)cc1F. The van der Waals surface area contributed by atoms with Gasteiger partial charge in [0.05, 0.1) is 0 Å². The Bertz CT molecular complexity index is 883. The van der Waals surface area contributed by atoms with Crippen molar-refractivity contribution >= 4 is 64.9 Å². The van der Waals surface area contributed by atoms with Crippen molar-refractivity contribution in [3.05, 3.63) is 84.7 Å². The Morgan fingerprint density at radius 1 is 0.429 bits per heavy atom. The van der Waals surface area contributed by atoms with Gasteiger partial charge < -0.3 is 0 Å². The summed E-state index contributed by atoms with van der Waals surface area (Å²) in [5, 5.41) is 0. The van der Waals surface area contributed by atoms with Gasteiger partial charge in [0.1, 0.15) is 17.1 Å². The highest BCUT2D eigenvalue weighted by molar-refractivity contribution is 9.11. The van der Waals surface area contributed by atoms with E-state index in [4.69, 9.17) is 0 Å². The van der Waals surface area contributed by atoms with Crippen LogP contribution in [0.2, 0.25) is 0 Å². The van der Waals surface area contributed by atoms with E-state index >= 15 is 0 Å². The summed E-state index contributed by atoms with van der Waals surface area (Å²) >= 11 is 8.64. The molecule has 10 heteroatoms. The molecule has 0 N–H and O–H groups in total. The second-order valence-corrected chi connectivity index (χ2v) is 8.24. The summed E-state index contributed by atoms with van der Waals surface area (Å²) in [5.41, 5.74) is -3.16. The molecule has 3 rings (SSSR count). The predicted octanol–water partition coefficient (Wildman–Crippen LogP) is 8.28. The van der Waals surface area contributed by atoms with Crippen LogP contribution in [0.15, 0.2) is 49.8 Å². The van der Waals surface area contributed by atoms with Crippen LogP contribution in [-0.4, -0.2) is 0 Å². The molecule has 3 aromatic carbocycles. The molecule has 0 spiro atoms. The fourth-order valence-corrected chi connectivity index (χ4v) is 3.79. The standard InChI is InChI=1S/C18H6Br3F6N/c19-7-1-10(22)16(11(23)2-7)28(17-12(24)3-8(20)4-13(17)25)18-14(26)5-9(21)6-15(18)27/h1-6H. The van der Waals surface area contributed by atoms with Crippen LogP contribution in [0.1, 0.15) is 0 Å². The van der Waals surface area contributed by atoms with Crippen molar-refractivity contribution in [2.75, 3.05) is 4.90 Å². The molecule has 0 atom stereocenters. The van der Waals surface area contributed by atoms with Gasteiger partial charge in [0.2, 0.25) is 0 Å². The molecule has 0 aromatic heterocycles. The molecule has 0 amide bonds. The molecule has 0 bridgehead atoms. The third-order valence-corrected chi connectivity index (χ3v) is 4.99. The van der Waals surface area contributed by atoms with E-state index < -0.39 is 52.0 Å². The van der Waals surface area contributed by atoms with E-state index in [1.807, 2.05) is 0 Å². The molecule has 3 aromatic rings. The Balaban J connectivity index is 2.45. The quantitative estimate of drug-likeness (QED) is 0.278. The second-order valence-electron chi connectivity index (χ2n) is 5.49. The molecular formula is C18H6Br3F6N. The third kappa shape index (κ3) is 3.95. The summed E-state index contributed by atoms with van der Waals surface area (Å²) in [6.07, 6.45) is 0. The van der Waals surface area contributed by atoms with Crippen LogP contribution in [0.3, 0.4) is 0 Å². The zero-order chi connectivity index (χ0) is 20.7. The van der Waals surface area contributed by atoms with Crippen molar-refractivity contribution in [2.24, 2.45) is 0 Å². The lowest BCUT2D eigenvalue weighted by atomic mass is 10.1. The van der Waals surface area contributed by atoms with Gasteiger partial charge in [-0.3, -0.25) is 4.90 Å². The van der Waals surface area contributed by atoms with Crippen molar-refractivity contribution in [3.63, 3.8) is 0 Å².